The van der Waals surface area contributed by atoms with Crippen LogP contribution in [0.3, 0.4) is 0 Å². The molecular formula is C27H27ClN4O4. The van der Waals surface area contributed by atoms with E-state index in [2.05, 4.69) is 15.2 Å². The molecule has 3 aromatic carbocycles. The lowest BCUT2D eigenvalue weighted by atomic mass is 10.1. The van der Waals surface area contributed by atoms with Crippen LogP contribution in [0.5, 0.6) is 5.75 Å². The maximum absolute atomic E-state index is 13.0. The van der Waals surface area contributed by atoms with Crippen molar-refractivity contribution in [2.45, 2.75) is 12.7 Å². The fourth-order valence-corrected chi connectivity index (χ4v) is 4.48. The number of carbonyl (C=O) groups is 1. The normalized spacial score (nSPS) is 15.2. The molecule has 9 heteroatoms. The first kappa shape index (κ1) is 24.2. The summed E-state index contributed by atoms with van der Waals surface area (Å²) in [6.07, 6.45) is -0.141. The van der Waals surface area contributed by atoms with Gasteiger partial charge in [-0.3, -0.25) is 9.69 Å². The number of carbonyl (C=O) groups excluding carboxylic acids is 1. The lowest BCUT2D eigenvalue weighted by molar-refractivity contribution is 0.00338. The smallest absolute Gasteiger partial charge is 0.254 e. The molecule has 1 atom stereocenters. The van der Waals surface area contributed by atoms with E-state index >= 15 is 0 Å². The van der Waals surface area contributed by atoms with Crippen LogP contribution in [0, 0.1) is 0 Å². The Morgan fingerprint density at radius 2 is 1.78 bits per heavy atom. The van der Waals surface area contributed by atoms with E-state index < -0.39 is 0 Å². The van der Waals surface area contributed by atoms with Gasteiger partial charge in [0.05, 0.1) is 19.8 Å². The topological polar surface area (TPSA) is 80.9 Å². The van der Waals surface area contributed by atoms with Crippen molar-refractivity contribution in [1.82, 2.24) is 20.1 Å². The Morgan fingerprint density at radius 3 is 2.56 bits per heavy atom. The average Bonchev–Trinajstić information content (AvgIpc) is 3.40. The van der Waals surface area contributed by atoms with E-state index in [0.717, 1.165) is 30.0 Å². The largest absolute Gasteiger partial charge is 0.497 e. The Kier molecular flexibility index (Phi) is 7.46. The molecule has 8 nitrogen and oxygen atoms in total. The number of benzene rings is 3. The van der Waals surface area contributed by atoms with E-state index in [1.54, 1.807) is 25.3 Å². The number of rotatable bonds is 8. The molecule has 1 saturated heterocycles. The molecule has 0 radical (unpaired) electrons. The summed E-state index contributed by atoms with van der Waals surface area (Å²) in [6, 6.07) is 20.9. The Labute approximate surface area is 214 Å². The van der Waals surface area contributed by atoms with Crippen LogP contribution in [-0.2, 0) is 11.3 Å². The number of ether oxygens (including phenoxy) is 2. The predicted octanol–water partition coefficient (Wildman–Crippen LogP) is 4.60. The van der Waals surface area contributed by atoms with Crippen LogP contribution in [0.25, 0.3) is 11.0 Å². The van der Waals surface area contributed by atoms with Gasteiger partial charge in [0.2, 0.25) is 0 Å². The molecule has 0 spiro atoms. The Bertz CT molecular complexity index is 1320. The zero-order valence-electron chi connectivity index (χ0n) is 20.0. The average molecular weight is 507 g/mol. The number of aromatic nitrogens is 2. The summed E-state index contributed by atoms with van der Waals surface area (Å²) in [5.74, 6) is 0.793. The molecule has 1 unspecified atom stereocenters. The molecule has 4 aromatic rings. The lowest BCUT2D eigenvalue weighted by Gasteiger charge is -2.36. The van der Waals surface area contributed by atoms with E-state index in [1.165, 1.54) is 0 Å². The van der Waals surface area contributed by atoms with Gasteiger partial charge in [-0.2, -0.15) is 0 Å². The highest BCUT2D eigenvalue weighted by molar-refractivity contribution is 6.30. The van der Waals surface area contributed by atoms with Gasteiger partial charge in [0.15, 0.2) is 0 Å². The van der Waals surface area contributed by atoms with Crippen LogP contribution in [0.2, 0.25) is 5.02 Å². The van der Waals surface area contributed by atoms with E-state index in [-0.39, 0.29) is 12.0 Å². The second kappa shape index (κ2) is 11.1. The maximum atomic E-state index is 13.0. The molecule has 0 bridgehead atoms. The van der Waals surface area contributed by atoms with Gasteiger partial charge in [-0.1, -0.05) is 35.9 Å². The SMILES string of the molecule is COc1cccc(COC(CN2CCN(C(=O)c3ccc4nonc4c3)CC2)c2ccc(Cl)cc2)c1. The van der Waals surface area contributed by atoms with E-state index in [0.29, 0.717) is 47.9 Å². The summed E-state index contributed by atoms with van der Waals surface area (Å²) >= 11 is 6.12. The van der Waals surface area contributed by atoms with Crippen molar-refractivity contribution in [1.29, 1.82) is 0 Å². The fourth-order valence-electron chi connectivity index (χ4n) is 4.36. The van der Waals surface area contributed by atoms with Gasteiger partial charge in [0.25, 0.3) is 5.91 Å². The Balaban J connectivity index is 1.22. The highest BCUT2D eigenvalue weighted by Gasteiger charge is 2.25. The molecule has 1 fully saturated rings. The van der Waals surface area contributed by atoms with Crippen LogP contribution in [0.1, 0.15) is 27.6 Å². The quantitative estimate of drug-likeness (QED) is 0.345. The molecule has 2 heterocycles. The molecule has 186 valence electrons. The molecule has 1 aliphatic heterocycles. The number of piperazine rings is 1. The molecule has 1 aromatic heterocycles. The number of nitrogens with zero attached hydrogens (tertiary/aromatic N) is 4. The maximum Gasteiger partial charge on any atom is 0.254 e. The summed E-state index contributed by atoms with van der Waals surface area (Å²) in [6.45, 7) is 3.96. The van der Waals surface area contributed by atoms with Crippen LogP contribution in [-0.4, -0.2) is 65.9 Å². The first-order chi connectivity index (χ1) is 17.6. The molecule has 0 saturated carbocycles. The van der Waals surface area contributed by atoms with Crippen LogP contribution < -0.4 is 4.74 Å². The monoisotopic (exact) mass is 506 g/mol. The number of amides is 1. The number of halogens is 1. The summed E-state index contributed by atoms with van der Waals surface area (Å²) in [4.78, 5) is 17.2. The van der Waals surface area contributed by atoms with Gasteiger partial charge in [-0.15, -0.1) is 0 Å². The summed E-state index contributed by atoms with van der Waals surface area (Å²) in [5, 5.41) is 8.33. The van der Waals surface area contributed by atoms with Crippen LogP contribution in [0.15, 0.2) is 71.4 Å². The molecular weight excluding hydrogens is 480 g/mol. The molecule has 5 rings (SSSR count). The standard InChI is InChI=1S/C27H27ClN4O4/c1-34-23-4-2-3-19(15-23)18-35-26(20-5-8-22(28)9-6-20)17-31-11-13-32(14-12-31)27(33)21-7-10-24-25(16-21)30-36-29-24/h2-10,15-16,26H,11-14,17-18H2,1H3. The zero-order valence-corrected chi connectivity index (χ0v) is 20.7. The fraction of sp³-hybridized carbons (Fsp3) is 0.296. The van der Waals surface area contributed by atoms with Gasteiger partial charge < -0.3 is 14.4 Å². The minimum absolute atomic E-state index is 0.0110. The van der Waals surface area contributed by atoms with Crippen molar-refractivity contribution in [3.05, 3.63) is 88.4 Å². The summed E-state index contributed by atoms with van der Waals surface area (Å²) < 4.78 is 16.5. The van der Waals surface area contributed by atoms with Crippen LogP contribution in [0.4, 0.5) is 0 Å². The van der Waals surface area contributed by atoms with Gasteiger partial charge in [0.1, 0.15) is 16.8 Å². The third-order valence-corrected chi connectivity index (χ3v) is 6.66. The van der Waals surface area contributed by atoms with Crippen molar-refractivity contribution < 1.29 is 18.9 Å². The van der Waals surface area contributed by atoms with Crippen molar-refractivity contribution in [3.63, 3.8) is 0 Å². The highest BCUT2D eigenvalue weighted by atomic mass is 35.5. The zero-order chi connectivity index (χ0) is 24.9. The molecule has 1 aliphatic rings. The first-order valence-electron chi connectivity index (χ1n) is 11.8. The minimum atomic E-state index is -0.141. The number of hydrogen-bond donors (Lipinski definition) is 0. The second-order valence-electron chi connectivity index (χ2n) is 8.76. The van der Waals surface area contributed by atoms with E-state index in [4.69, 9.17) is 25.7 Å². The predicted molar refractivity (Wildman–Crippen MR) is 136 cm³/mol. The van der Waals surface area contributed by atoms with Crippen molar-refractivity contribution >= 4 is 28.5 Å². The number of methoxy groups -OCH3 is 1. The lowest BCUT2D eigenvalue weighted by Crippen LogP contribution is -2.49. The second-order valence-corrected chi connectivity index (χ2v) is 9.20. The van der Waals surface area contributed by atoms with Gasteiger partial charge in [0, 0.05) is 43.3 Å². The van der Waals surface area contributed by atoms with E-state index in [1.807, 2.05) is 53.4 Å². The summed E-state index contributed by atoms with van der Waals surface area (Å²) in [5.41, 5.74) is 3.92. The van der Waals surface area contributed by atoms with Crippen molar-refractivity contribution in [2.75, 3.05) is 39.8 Å². The third-order valence-electron chi connectivity index (χ3n) is 6.41. The van der Waals surface area contributed by atoms with E-state index in [9.17, 15) is 4.79 Å². The molecule has 1 amide bonds. The first-order valence-corrected chi connectivity index (χ1v) is 12.2. The van der Waals surface area contributed by atoms with Gasteiger partial charge in [-0.25, -0.2) is 4.63 Å². The number of fused-ring (bicyclic) bond motifs is 1. The Morgan fingerprint density at radius 1 is 1.00 bits per heavy atom. The molecule has 0 N–H and O–H groups in total. The van der Waals surface area contributed by atoms with Crippen molar-refractivity contribution in [3.8, 4) is 5.75 Å². The molecule has 36 heavy (non-hydrogen) atoms. The minimum Gasteiger partial charge on any atom is -0.497 e. The molecule has 0 aliphatic carbocycles. The van der Waals surface area contributed by atoms with Gasteiger partial charge >= 0.3 is 0 Å². The summed E-state index contributed by atoms with van der Waals surface area (Å²) in [7, 11) is 1.66. The van der Waals surface area contributed by atoms with Crippen molar-refractivity contribution in [2.24, 2.45) is 0 Å². The van der Waals surface area contributed by atoms with Crippen LogP contribution >= 0.6 is 11.6 Å². The highest BCUT2D eigenvalue weighted by Crippen LogP contribution is 2.24. The van der Waals surface area contributed by atoms with Gasteiger partial charge in [-0.05, 0) is 63.9 Å². The number of hydrogen-bond acceptors (Lipinski definition) is 7. The third kappa shape index (κ3) is 5.67. The Hall–Kier alpha value is -3.46.